The zero-order chi connectivity index (χ0) is 14.8. The molecular weight excluding hydrogens is 305 g/mol. The first-order valence-corrected chi connectivity index (χ1v) is 7.72. The Hall–Kier alpha value is -1.51. The monoisotopic (exact) mass is 319 g/mol. The van der Waals surface area contributed by atoms with Crippen LogP contribution in [0.1, 0.15) is 28.8 Å². The minimum absolute atomic E-state index is 0.207. The molecule has 1 heterocycles. The standard InChI is InChI=1S/C17H15Cl2NO/c18-14-6-3-7-15(19)13(14)11-20-10-4-9-17(21)12-5-1-2-8-16(12)20/h1-3,5-8H,4,9-11H2. The van der Waals surface area contributed by atoms with Gasteiger partial charge in [0.2, 0.25) is 0 Å². The zero-order valence-electron chi connectivity index (χ0n) is 11.5. The van der Waals surface area contributed by atoms with Crippen LogP contribution in [-0.4, -0.2) is 12.3 Å². The molecule has 2 aromatic rings. The number of carbonyl (C=O) groups excluding carboxylic acids is 1. The van der Waals surface area contributed by atoms with Crippen LogP contribution in [0.3, 0.4) is 0 Å². The number of anilines is 1. The summed E-state index contributed by atoms with van der Waals surface area (Å²) in [5.41, 5.74) is 2.67. The fraction of sp³-hybridized carbons (Fsp3) is 0.235. The van der Waals surface area contributed by atoms with E-state index >= 15 is 0 Å². The first-order chi connectivity index (χ1) is 10.2. The number of rotatable bonds is 2. The van der Waals surface area contributed by atoms with Crippen LogP contribution >= 0.6 is 23.2 Å². The number of hydrogen-bond acceptors (Lipinski definition) is 2. The van der Waals surface area contributed by atoms with Gasteiger partial charge >= 0.3 is 0 Å². The third kappa shape index (κ3) is 2.92. The molecule has 0 N–H and O–H groups in total. The van der Waals surface area contributed by atoms with Crippen LogP contribution in [0, 0.1) is 0 Å². The lowest BCUT2D eigenvalue weighted by molar-refractivity contribution is 0.0984. The van der Waals surface area contributed by atoms with Gasteiger partial charge in [0.05, 0.1) is 0 Å². The maximum absolute atomic E-state index is 12.2. The van der Waals surface area contributed by atoms with E-state index in [2.05, 4.69) is 4.90 Å². The Morgan fingerprint density at radius 1 is 1.00 bits per heavy atom. The lowest BCUT2D eigenvalue weighted by atomic mass is 10.1. The number of halogens is 2. The molecule has 0 amide bonds. The lowest BCUT2D eigenvalue weighted by Gasteiger charge is -2.25. The number of Topliss-reactive ketones (excluding diaryl/α,β-unsaturated/α-hetero) is 1. The van der Waals surface area contributed by atoms with Crippen LogP contribution < -0.4 is 4.90 Å². The van der Waals surface area contributed by atoms with E-state index in [1.165, 1.54) is 0 Å². The van der Waals surface area contributed by atoms with Gasteiger partial charge in [-0.1, -0.05) is 41.4 Å². The SMILES string of the molecule is O=C1CCCN(Cc2c(Cl)cccc2Cl)c2ccccc21. The van der Waals surface area contributed by atoms with E-state index in [1.807, 2.05) is 42.5 Å². The summed E-state index contributed by atoms with van der Waals surface area (Å²) in [5, 5.41) is 1.33. The van der Waals surface area contributed by atoms with Crippen molar-refractivity contribution in [2.24, 2.45) is 0 Å². The second kappa shape index (κ2) is 6.08. The molecule has 4 heteroatoms. The van der Waals surface area contributed by atoms with Crippen molar-refractivity contribution >= 4 is 34.7 Å². The Morgan fingerprint density at radius 3 is 2.48 bits per heavy atom. The molecule has 0 saturated heterocycles. The average molecular weight is 320 g/mol. The van der Waals surface area contributed by atoms with Gasteiger partial charge in [-0.3, -0.25) is 4.79 Å². The van der Waals surface area contributed by atoms with Gasteiger partial charge in [-0.25, -0.2) is 0 Å². The molecule has 0 aliphatic carbocycles. The van der Waals surface area contributed by atoms with Crippen molar-refractivity contribution < 1.29 is 4.79 Å². The van der Waals surface area contributed by atoms with Crippen molar-refractivity contribution in [2.75, 3.05) is 11.4 Å². The summed E-state index contributed by atoms with van der Waals surface area (Å²) >= 11 is 12.5. The number of fused-ring (bicyclic) bond motifs is 1. The van der Waals surface area contributed by atoms with Crippen LogP contribution in [0.5, 0.6) is 0 Å². The van der Waals surface area contributed by atoms with Crippen molar-refractivity contribution in [1.29, 1.82) is 0 Å². The van der Waals surface area contributed by atoms with Gasteiger partial charge in [-0.05, 0) is 30.7 Å². The number of nitrogens with zero attached hydrogens (tertiary/aromatic N) is 1. The van der Waals surface area contributed by atoms with Crippen molar-refractivity contribution in [3.63, 3.8) is 0 Å². The number of para-hydroxylation sites is 1. The quantitative estimate of drug-likeness (QED) is 0.778. The Bertz CT molecular complexity index is 664. The van der Waals surface area contributed by atoms with Crippen molar-refractivity contribution in [1.82, 2.24) is 0 Å². The smallest absolute Gasteiger partial charge is 0.165 e. The van der Waals surface area contributed by atoms with Crippen molar-refractivity contribution in [2.45, 2.75) is 19.4 Å². The third-order valence-electron chi connectivity index (χ3n) is 3.79. The highest BCUT2D eigenvalue weighted by molar-refractivity contribution is 6.36. The van der Waals surface area contributed by atoms with E-state index in [4.69, 9.17) is 23.2 Å². The molecular formula is C17H15Cl2NO. The highest BCUT2D eigenvalue weighted by Gasteiger charge is 2.21. The highest BCUT2D eigenvalue weighted by atomic mass is 35.5. The second-order valence-electron chi connectivity index (χ2n) is 5.17. The molecule has 2 aromatic carbocycles. The largest absolute Gasteiger partial charge is 0.366 e. The maximum Gasteiger partial charge on any atom is 0.165 e. The molecule has 0 bridgehead atoms. The number of carbonyl (C=O) groups is 1. The van der Waals surface area contributed by atoms with Gasteiger partial charge in [-0.15, -0.1) is 0 Å². The van der Waals surface area contributed by atoms with Crippen LogP contribution in [0.25, 0.3) is 0 Å². The van der Waals surface area contributed by atoms with E-state index in [9.17, 15) is 4.79 Å². The third-order valence-corrected chi connectivity index (χ3v) is 4.50. The molecule has 0 unspecified atom stereocenters. The van der Waals surface area contributed by atoms with Crippen LogP contribution in [-0.2, 0) is 6.54 Å². The second-order valence-corrected chi connectivity index (χ2v) is 5.98. The molecule has 1 aliphatic rings. The molecule has 0 spiro atoms. The lowest BCUT2D eigenvalue weighted by Crippen LogP contribution is -2.24. The molecule has 2 nitrogen and oxygen atoms in total. The minimum Gasteiger partial charge on any atom is -0.366 e. The summed E-state index contributed by atoms with van der Waals surface area (Å²) < 4.78 is 0. The molecule has 108 valence electrons. The van der Waals surface area contributed by atoms with Crippen molar-refractivity contribution in [3.8, 4) is 0 Å². The van der Waals surface area contributed by atoms with E-state index in [0.29, 0.717) is 23.0 Å². The Balaban J connectivity index is 1.99. The summed E-state index contributed by atoms with van der Waals surface area (Å²) in [6, 6.07) is 13.3. The van der Waals surface area contributed by atoms with Crippen LogP contribution in [0.15, 0.2) is 42.5 Å². The molecule has 0 radical (unpaired) electrons. The van der Waals surface area contributed by atoms with Gasteiger partial charge in [0, 0.05) is 46.4 Å². The summed E-state index contributed by atoms with van der Waals surface area (Å²) in [5.74, 6) is 0.207. The first-order valence-electron chi connectivity index (χ1n) is 6.97. The fourth-order valence-corrected chi connectivity index (χ4v) is 3.23. The fourth-order valence-electron chi connectivity index (χ4n) is 2.71. The molecule has 0 atom stereocenters. The summed E-state index contributed by atoms with van der Waals surface area (Å²) in [4.78, 5) is 14.3. The maximum atomic E-state index is 12.2. The summed E-state index contributed by atoms with van der Waals surface area (Å²) in [6.07, 6.45) is 1.43. The molecule has 0 saturated carbocycles. The summed E-state index contributed by atoms with van der Waals surface area (Å²) in [7, 11) is 0. The van der Waals surface area contributed by atoms with Gasteiger partial charge in [0.15, 0.2) is 5.78 Å². The minimum atomic E-state index is 0.207. The van der Waals surface area contributed by atoms with Crippen LogP contribution in [0.2, 0.25) is 10.0 Å². The highest BCUT2D eigenvalue weighted by Crippen LogP contribution is 2.31. The molecule has 21 heavy (non-hydrogen) atoms. The van der Waals surface area contributed by atoms with Gasteiger partial charge < -0.3 is 4.90 Å². The van der Waals surface area contributed by atoms with E-state index < -0.39 is 0 Å². The van der Waals surface area contributed by atoms with Gasteiger partial charge in [0.25, 0.3) is 0 Å². The first kappa shape index (κ1) is 14.4. The predicted octanol–water partition coefficient (Wildman–Crippen LogP) is 4.98. The predicted molar refractivity (Wildman–Crippen MR) is 87.5 cm³/mol. The normalized spacial score (nSPS) is 14.8. The van der Waals surface area contributed by atoms with Crippen molar-refractivity contribution in [3.05, 3.63) is 63.6 Å². The molecule has 1 aliphatic heterocycles. The molecule has 3 rings (SSSR count). The van der Waals surface area contributed by atoms with Gasteiger partial charge in [0.1, 0.15) is 0 Å². The van der Waals surface area contributed by atoms with E-state index in [1.54, 1.807) is 0 Å². The molecule has 0 aromatic heterocycles. The van der Waals surface area contributed by atoms with Crippen LogP contribution in [0.4, 0.5) is 5.69 Å². The number of hydrogen-bond donors (Lipinski definition) is 0. The molecule has 0 fully saturated rings. The Labute approximate surface area is 134 Å². The average Bonchev–Trinajstić information content (AvgIpc) is 2.63. The van der Waals surface area contributed by atoms with Gasteiger partial charge in [-0.2, -0.15) is 0 Å². The summed E-state index contributed by atoms with van der Waals surface area (Å²) in [6.45, 7) is 1.44. The topological polar surface area (TPSA) is 20.3 Å². The number of ketones is 1. The van der Waals surface area contributed by atoms with E-state index in [-0.39, 0.29) is 5.78 Å². The zero-order valence-corrected chi connectivity index (χ0v) is 13.0. The Kier molecular flexibility index (Phi) is 4.18. The van der Waals surface area contributed by atoms with E-state index in [0.717, 1.165) is 29.8 Å². The number of benzene rings is 2. The Morgan fingerprint density at radius 2 is 1.71 bits per heavy atom.